The normalized spacial score (nSPS) is 12.4. The summed E-state index contributed by atoms with van der Waals surface area (Å²) >= 11 is 6.15. The van der Waals surface area contributed by atoms with Crippen LogP contribution in [0.1, 0.15) is 11.9 Å². The van der Waals surface area contributed by atoms with Crippen LogP contribution in [0, 0.1) is 0 Å². The number of aliphatic hydroxyl groups is 1. The lowest BCUT2D eigenvalue weighted by Gasteiger charge is -2.05. The molecule has 1 atom stereocenters. The van der Waals surface area contributed by atoms with Crippen molar-refractivity contribution in [3.05, 3.63) is 35.2 Å². The fraction of sp³-hybridized carbons (Fsp3) is 0.250. The van der Waals surface area contributed by atoms with E-state index < -0.39 is 6.10 Å². The molecule has 2 aromatic rings. The fourth-order valence-corrected chi connectivity index (χ4v) is 1.87. The Labute approximate surface area is 110 Å². The number of aromatic nitrogens is 2. The van der Waals surface area contributed by atoms with Gasteiger partial charge in [-0.15, -0.1) is 0 Å². The molecule has 0 aliphatic rings. The van der Waals surface area contributed by atoms with Crippen molar-refractivity contribution in [2.75, 3.05) is 13.7 Å². The lowest BCUT2D eigenvalue weighted by atomic mass is 10.1. The number of methoxy groups -OCH3 is 1. The highest BCUT2D eigenvalue weighted by atomic mass is 35.5. The Morgan fingerprint density at radius 3 is 2.94 bits per heavy atom. The van der Waals surface area contributed by atoms with Crippen molar-refractivity contribution in [3.8, 4) is 17.0 Å². The van der Waals surface area contributed by atoms with Crippen LogP contribution in [0.2, 0.25) is 5.02 Å². The first kappa shape index (κ1) is 12.9. The summed E-state index contributed by atoms with van der Waals surface area (Å²) in [5, 5.41) is 10.1. The molecule has 1 aromatic heterocycles. The molecule has 96 valence electrons. The Morgan fingerprint density at radius 2 is 2.33 bits per heavy atom. The lowest BCUT2D eigenvalue weighted by molar-refractivity contribution is 0.177. The number of H-pyrrole nitrogens is 1. The zero-order chi connectivity index (χ0) is 13.1. The van der Waals surface area contributed by atoms with Gasteiger partial charge >= 0.3 is 0 Å². The maximum atomic E-state index is 9.57. The molecule has 0 saturated heterocycles. The number of nitrogens with two attached hydrogens (primary N) is 1. The van der Waals surface area contributed by atoms with Crippen molar-refractivity contribution >= 4 is 11.6 Å². The van der Waals surface area contributed by atoms with Crippen LogP contribution in [0.5, 0.6) is 5.75 Å². The number of rotatable bonds is 4. The van der Waals surface area contributed by atoms with Gasteiger partial charge in [-0.25, -0.2) is 4.98 Å². The molecule has 0 fully saturated rings. The molecule has 6 heteroatoms. The summed E-state index contributed by atoms with van der Waals surface area (Å²) < 4.78 is 5.08. The molecule has 0 radical (unpaired) electrons. The van der Waals surface area contributed by atoms with E-state index in [0.717, 1.165) is 11.3 Å². The average molecular weight is 268 g/mol. The third kappa shape index (κ3) is 2.48. The van der Waals surface area contributed by atoms with Gasteiger partial charge < -0.3 is 20.6 Å². The third-order valence-corrected chi connectivity index (χ3v) is 2.91. The maximum absolute atomic E-state index is 9.57. The molecule has 1 heterocycles. The summed E-state index contributed by atoms with van der Waals surface area (Å²) in [4.78, 5) is 7.06. The molecule has 18 heavy (non-hydrogen) atoms. The SMILES string of the molecule is COc1ccc(-c2cnc(C(O)CN)[nH]2)c(Cl)c1. The van der Waals surface area contributed by atoms with Crippen molar-refractivity contribution in [2.24, 2.45) is 5.73 Å². The molecule has 0 spiro atoms. The largest absolute Gasteiger partial charge is 0.497 e. The van der Waals surface area contributed by atoms with E-state index >= 15 is 0 Å². The summed E-state index contributed by atoms with van der Waals surface area (Å²) in [7, 11) is 1.58. The standard InChI is InChI=1S/C12H14ClN3O2/c1-18-7-2-3-8(9(13)4-7)10-6-15-12(16-10)11(17)5-14/h2-4,6,11,17H,5,14H2,1H3,(H,15,16). The second-order valence-corrected chi connectivity index (χ2v) is 4.19. The highest BCUT2D eigenvalue weighted by molar-refractivity contribution is 6.33. The number of benzene rings is 1. The van der Waals surface area contributed by atoms with E-state index in [2.05, 4.69) is 9.97 Å². The first-order valence-electron chi connectivity index (χ1n) is 5.42. The van der Waals surface area contributed by atoms with Crippen molar-refractivity contribution in [1.82, 2.24) is 9.97 Å². The predicted octanol–water partition coefficient (Wildman–Crippen LogP) is 1.73. The molecule has 0 amide bonds. The summed E-state index contributed by atoms with van der Waals surface area (Å²) in [6.07, 6.45) is 0.817. The Balaban J connectivity index is 2.34. The van der Waals surface area contributed by atoms with E-state index in [1.54, 1.807) is 25.4 Å². The number of nitrogens with one attached hydrogen (secondary N) is 1. The molecule has 5 nitrogen and oxygen atoms in total. The first-order valence-corrected chi connectivity index (χ1v) is 5.80. The van der Waals surface area contributed by atoms with Crippen LogP contribution >= 0.6 is 11.6 Å². The molecule has 2 rings (SSSR count). The molecule has 0 saturated carbocycles. The van der Waals surface area contributed by atoms with Gasteiger partial charge in [-0.3, -0.25) is 0 Å². The fourth-order valence-electron chi connectivity index (χ4n) is 1.60. The Morgan fingerprint density at radius 1 is 1.56 bits per heavy atom. The number of ether oxygens (including phenoxy) is 1. The first-order chi connectivity index (χ1) is 8.65. The average Bonchev–Trinajstić information content (AvgIpc) is 2.87. The molecular weight excluding hydrogens is 254 g/mol. The molecule has 1 unspecified atom stereocenters. The second-order valence-electron chi connectivity index (χ2n) is 3.78. The smallest absolute Gasteiger partial charge is 0.136 e. The number of nitrogens with zero attached hydrogens (tertiary/aromatic N) is 1. The Bertz CT molecular complexity index is 542. The van der Waals surface area contributed by atoms with Crippen molar-refractivity contribution < 1.29 is 9.84 Å². The van der Waals surface area contributed by atoms with Gasteiger partial charge in [0, 0.05) is 12.1 Å². The van der Waals surface area contributed by atoms with Crippen molar-refractivity contribution in [3.63, 3.8) is 0 Å². The Hall–Kier alpha value is -1.56. The zero-order valence-electron chi connectivity index (χ0n) is 9.85. The van der Waals surface area contributed by atoms with Gasteiger partial charge in [-0.2, -0.15) is 0 Å². The van der Waals surface area contributed by atoms with Crippen LogP contribution < -0.4 is 10.5 Å². The summed E-state index contributed by atoms with van der Waals surface area (Å²) in [6, 6.07) is 5.35. The molecule has 4 N–H and O–H groups in total. The molecular formula is C12H14ClN3O2. The number of halogens is 1. The van der Waals surface area contributed by atoms with Gasteiger partial charge in [-0.1, -0.05) is 11.6 Å². The van der Waals surface area contributed by atoms with Crippen LogP contribution in [-0.2, 0) is 0 Å². The number of aliphatic hydroxyl groups excluding tert-OH is 1. The van der Waals surface area contributed by atoms with E-state index in [1.807, 2.05) is 6.07 Å². The van der Waals surface area contributed by atoms with Crippen LogP contribution in [-0.4, -0.2) is 28.7 Å². The summed E-state index contributed by atoms with van der Waals surface area (Å²) in [5.74, 6) is 1.12. The minimum atomic E-state index is -0.796. The van der Waals surface area contributed by atoms with Gasteiger partial charge in [-0.05, 0) is 18.2 Å². The van der Waals surface area contributed by atoms with E-state index in [-0.39, 0.29) is 6.54 Å². The Kier molecular flexibility index (Phi) is 3.86. The number of hydrogen-bond donors (Lipinski definition) is 3. The molecule has 0 bridgehead atoms. The van der Waals surface area contributed by atoms with Gasteiger partial charge in [0.05, 0.1) is 24.0 Å². The number of aromatic amines is 1. The van der Waals surface area contributed by atoms with Crippen molar-refractivity contribution in [1.29, 1.82) is 0 Å². The van der Waals surface area contributed by atoms with Crippen LogP contribution in [0.4, 0.5) is 0 Å². The molecule has 0 aliphatic heterocycles. The van der Waals surface area contributed by atoms with Gasteiger partial charge in [0.2, 0.25) is 0 Å². The highest BCUT2D eigenvalue weighted by Crippen LogP contribution is 2.30. The quantitative estimate of drug-likeness (QED) is 0.788. The van der Waals surface area contributed by atoms with E-state index in [4.69, 9.17) is 22.1 Å². The van der Waals surface area contributed by atoms with Crippen LogP contribution in [0.15, 0.2) is 24.4 Å². The number of hydrogen-bond acceptors (Lipinski definition) is 4. The molecule has 0 aliphatic carbocycles. The maximum Gasteiger partial charge on any atom is 0.136 e. The highest BCUT2D eigenvalue weighted by Gasteiger charge is 2.12. The van der Waals surface area contributed by atoms with E-state index in [1.165, 1.54) is 0 Å². The summed E-state index contributed by atoms with van der Waals surface area (Å²) in [6.45, 7) is 0.114. The number of imidazole rings is 1. The monoisotopic (exact) mass is 267 g/mol. The van der Waals surface area contributed by atoms with E-state index in [9.17, 15) is 5.11 Å². The van der Waals surface area contributed by atoms with Gasteiger partial charge in [0.25, 0.3) is 0 Å². The minimum Gasteiger partial charge on any atom is -0.497 e. The summed E-state index contributed by atoms with van der Waals surface area (Å²) in [5.41, 5.74) is 6.89. The van der Waals surface area contributed by atoms with Crippen LogP contribution in [0.3, 0.4) is 0 Å². The zero-order valence-corrected chi connectivity index (χ0v) is 10.6. The predicted molar refractivity (Wildman–Crippen MR) is 69.6 cm³/mol. The lowest BCUT2D eigenvalue weighted by Crippen LogP contribution is -2.12. The molecule has 1 aromatic carbocycles. The van der Waals surface area contributed by atoms with E-state index in [0.29, 0.717) is 16.6 Å². The van der Waals surface area contributed by atoms with Crippen molar-refractivity contribution in [2.45, 2.75) is 6.10 Å². The van der Waals surface area contributed by atoms with Crippen LogP contribution in [0.25, 0.3) is 11.3 Å². The van der Waals surface area contributed by atoms with Gasteiger partial charge in [0.1, 0.15) is 17.7 Å². The third-order valence-electron chi connectivity index (χ3n) is 2.60. The topological polar surface area (TPSA) is 84.2 Å². The second kappa shape index (κ2) is 5.39. The minimum absolute atomic E-state index is 0.114. The van der Waals surface area contributed by atoms with Gasteiger partial charge in [0.15, 0.2) is 0 Å².